The molecule has 0 amide bonds. The minimum absolute atomic E-state index is 1.09. The van der Waals surface area contributed by atoms with Crippen molar-refractivity contribution in [2.75, 3.05) is 0 Å². The van der Waals surface area contributed by atoms with E-state index in [0.29, 0.717) is 0 Å². The Morgan fingerprint density at radius 1 is 0.947 bits per heavy atom. The van der Waals surface area contributed by atoms with Gasteiger partial charge in [-0.3, -0.25) is 0 Å². The van der Waals surface area contributed by atoms with Crippen LogP contribution in [0.1, 0.15) is 42.9 Å². The minimum atomic E-state index is 1.09. The van der Waals surface area contributed by atoms with Crippen molar-refractivity contribution < 1.29 is 0 Å². The summed E-state index contributed by atoms with van der Waals surface area (Å²) in [6, 6.07) is 13.7. The van der Waals surface area contributed by atoms with Gasteiger partial charge in [-0.25, -0.2) is 0 Å². The molecular weight excluding hydrogens is 296 g/mol. The summed E-state index contributed by atoms with van der Waals surface area (Å²) >= 11 is 3.57. The summed E-state index contributed by atoms with van der Waals surface area (Å²) in [6.45, 7) is 2.26. The lowest BCUT2D eigenvalue weighted by Crippen LogP contribution is -1.88. The standard InChI is InChI=1S/C18H19Br/c1-2-3-4-5-13-6-8-17-14(10-13)11-15-12-16(19)7-9-18(15)17/h6-10,12H,2-5,11H2,1H3. The van der Waals surface area contributed by atoms with E-state index in [1.165, 1.54) is 58.0 Å². The molecule has 0 saturated carbocycles. The van der Waals surface area contributed by atoms with Crippen molar-refractivity contribution in [1.82, 2.24) is 0 Å². The van der Waals surface area contributed by atoms with E-state index in [4.69, 9.17) is 0 Å². The smallest absolute Gasteiger partial charge is 0.0178 e. The first kappa shape index (κ1) is 12.9. The second-order valence-corrected chi connectivity index (χ2v) is 6.34. The van der Waals surface area contributed by atoms with Crippen LogP contribution in [-0.4, -0.2) is 0 Å². The van der Waals surface area contributed by atoms with Gasteiger partial charge in [-0.2, -0.15) is 0 Å². The molecule has 0 radical (unpaired) electrons. The molecule has 0 nitrogen and oxygen atoms in total. The number of fused-ring (bicyclic) bond motifs is 3. The molecule has 0 aromatic heterocycles. The van der Waals surface area contributed by atoms with E-state index in [2.05, 4.69) is 59.3 Å². The fraction of sp³-hybridized carbons (Fsp3) is 0.333. The summed E-state index contributed by atoms with van der Waals surface area (Å²) in [5.74, 6) is 0. The molecule has 0 atom stereocenters. The topological polar surface area (TPSA) is 0 Å². The molecule has 1 aliphatic carbocycles. The highest BCUT2D eigenvalue weighted by Gasteiger charge is 2.18. The monoisotopic (exact) mass is 314 g/mol. The van der Waals surface area contributed by atoms with Gasteiger partial charge >= 0.3 is 0 Å². The third kappa shape index (κ3) is 2.62. The first-order chi connectivity index (χ1) is 9.28. The Labute approximate surface area is 124 Å². The zero-order valence-corrected chi connectivity index (χ0v) is 13.0. The Bertz CT molecular complexity index is 599. The molecule has 0 unspecified atom stereocenters. The first-order valence-corrected chi connectivity index (χ1v) is 7.98. The molecule has 0 saturated heterocycles. The Morgan fingerprint density at radius 2 is 1.68 bits per heavy atom. The normalized spacial score (nSPS) is 12.3. The van der Waals surface area contributed by atoms with Gasteiger partial charge in [0.25, 0.3) is 0 Å². The van der Waals surface area contributed by atoms with Crippen molar-refractivity contribution in [2.24, 2.45) is 0 Å². The van der Waals surface area contributed by atoms with Crippen molar-refractivity contribution in [2.45, 2.75) is 39.0 Å². The lowest BCUT2D eigenvalue weighted by atomic mass is 10.0. The Kier molecular flexibility index (Phi) is 3.74. The molecule has 0 spiro atoms. The molecule has 0 aliphatic heterocycles. The second-order valence-electron chi connectivity index (χ2n) is 5.43. The Balaban J connectivity index is 1.86. The van der Waals surface area contributed by atoms with Gasteiger partial charge in [-0.05, 0) is 59.2 Å². The van der Waals surface area contributed by atoms with Crippen molar-refractivity contribution >= 4 is 15.9 Å². The summed E-state index contributed by atoms with van der Waals surface area (Å²) in [5, 5.41) is 0. The van der Waals surface area contributed by atoms with Crippen molar-refractivity contribution in [3.8, 4) is 11.1 Å². The van der Waals surface area contributed by atoms with E-state index >= 15 is 0 Å². The number of hydrogen-bond donors (Lipinski definition) is 0. The first-order valence-electron chi connectivity index (χ1n) is 7.18. The summed E-state index contributed by atoms with van der Waals surface area (Å²) in [6.07, 6.45) is 6.26. The number of aryl methyl sites for hydroxylation is 1. The molecule has 0 bridgehead atoms. The minimum Gasteiger partial charge on any atom is -0.0654 e. The van der Waals surface area contributed by atoms with Gasteiger partial charge in [-0.15, -0.1) is 0 Å². The van der Waals surface area contributed by atoms with E-state index in [9.17, 15) is 0 Å². The molecule has 19 heavy (non-hydrogen) atoms. The van der Waals surface area contributed by atoms with E-state index in [1.54, 1.807) is 0 Å². The van der Waals surface area contributed by atoms with Crippen LogP contribution in [-0.2, 0) is 12.8 Å². The second kappa shape index (κ2) is 5.50. The molecule has 2 aromatic rings. The number of halogens is 1. The molecular formula is C18H19Br. The third-order valence-electron chi connectivity index (χ3n) is 3.98. The van der Waals surface area contributed by atoms with Crippen LogP contribution in [0.15, 0.2) is 40.9 Å². The Morgan fingerprint density at radius 3 is 2.47 bits per heavy atom. The summed E-state index contributed by atoms with van der Waals surface area (Å²) in [5.41, 5.74) is 7.30. The average Bonchev–Trinajstić information content (AvgIpc) is 2.75. The van der Waals surface area contributed by atoms with Crippen LogP contribution in [0, 0.1) is 0 Å². The fourth-order valence-corrected chi connectivity index (χ4v) is 3.38. The predicted octanol–water partition coefficient (Wildman–Crippen LogP) is 5.75. The van der Waals surface area contributed by atoms with Crippen LogP contribution in [0.4, 0.5) is 0 Å². The highest BCUT2D eigenvalue weighted by molar-refractivity contribution is 9.10. The number of hydrogen-bond acceptors (Lipinski definition) is 0. The van der Waals surface area contributed by atoms with Crippen molar-refractivity contribution in [3.63, 3.8) is 0 Å². The maximum atomic E-state index is 3.57. The van der Waals surface area contributed by atoms with Crippen LogP contribution < -0.4 is 0 Å². The largest absolute Gasteiger partial charge is 0.0654 e. The lowest BCUT2D eigenvalue weighted by molar-refractivity contribution is 0.717. The van der Waals surface area contributed by atoms with E-state index in [1.807, 2.05) is 0 Å². The quantitative estimate of drug-likeness (QED) is 0.538. The van der Waals surface area contributed by atoms with E-state index in [0.717, 1.165) is 6.42 Å². The Hall–Kier alpha value is -1.08. The van der Waals surface area contributed by atoms with Gasteiger partial charge in [0.2, 0.25) is 0 Å². The van der Waals surface area contributed by atoms with Crippen LogP contribution in [0.2, 0.25) is 0 Å². The fourth-order valence-electron chi connectivity index (χ4n) is 2.97. The van der Waals surface area contributed by atoms with Crippen LogP contribution >= 0.6 is 15.9 Å². The van der Waals surface area contributed by atoms with E-state index in [-0.39, 0.29) is 0 Å². The highest BCUT2D eigenvalue weighted by Crippen LogP contribution is 2.38. The highest BCUT2D eigenvalue weighted by atomic mass is 79.9. The van der Waals surface area contributed by atoms with Gasteiger partial charge in [0.15, 0.2) is 0 Å². The summed E-state index contributed by atoms with van der Waals surface area (Å²) < 4.78 is 1.18. The molecule has 3 rings (SSSR count). The van der Waals surface area contributed by atoms with Crippen molar-refractivity contribution in [1.29, 1.82) is 0 Å². The molecule has 1 aliphatic rings. The lowest BCUT2D eigenvalue weighted by Gasteiger charge is -2.05. The number of benzene rings is 2. The van der Waals surface area contributed by atoms with Gasteiger partial charge in [0.05, 0.1) is 0 Å². The molecule has 2 aromatic carbocycles. The zero-order chi connectivity index (χ0) is 13.2. The maximum absolute atomic E-state index is 3.57. The molecule has 1 heteroatoms. The van der Waals surface area contributed by atoms with Gasteiger partial charge in [0, 0.05) is 4.47 Å². The molecule has 0 heterocycles. The average molecular weight is 315 g/mol. The van der Waals surface area contributed by atoms with Crippen molar-refractivity contribution in [3.05, 3.63) is 57.6 Å². The summed E-state index contributed by atoms with van der Waals surface area (Å²) in [7, 11) is 0. The van der Waals surface area contributed by atoms with Crippen LogP contribution in [0.25, 0.3) is 11.1 Å². The zero-order valence-electron chi connectivity index (χ0n) is 11.4. The summed E-state index contributed by atoms with van der Waals surface area (Å²) in [4.78, 5) is 0. The predicted molar refractivity (Wildman–Crippen MR) is 85.6 cm³/mol. The molecule has 0 fully saturated rings. The SMILES string of the molecule is CCCCCc1ccc2c(c1)Cc1cc(Br)ccc1-2. The van der Waals surface area contributed by atoms with Gasteiger partial charge in [-0.1, -0.05) is 60.0 Å². The third-order valence-corrected chi connectivity index (χ3v) is 4.47. The van der Waals surface area contributed by atoms with Crippen LogP contribution in [0.5, 0.6) is 0 Å². The number of unbranched alkanes of at least 4 members (excludes halogenated alkanes) is 2. The maximum Gasteiger partial charge on any atom is 0.0178 e. The van der Waals surface area contributed by atoms with Gasteiger partial charge < -0.3 is 0 Å². The van der Waals surface area contributed by atoms with Crippen LogP contribution in [0.3, 0.4) is 0 Å². The van der Waals surface area contributed by atoms with Gasteiger partial charge in [0.1, 0.15) is 0 Å². The number of rotatable bonds is 4. The molecule has 98 valence electrons. The molecule has 0 N–H and O–H groups in total. The van der Waals surface area contributed by atoms with E-state index < -0.39 is 0 Å².